The zero-order valence-corrected chi connectivity index (χ0v) is 11.5. The van der Waals surface area contributed by atoms with Crippen LogP contribution in [0.15, 0.2) is 36.7 Å². The largest absolute Gasteiger partial charge is 0.481 e. The van der Waals surface area contributed by atoms with E-state index in [4.69, 9.17) is 0 Å². The van der Waals surface area contributed by atoms with Crippen LogP contribution in [-0.2, 0) is 4.79 Å². The van der Waals surface area contributed by atoms with Crippen molar-refractivity contribution >= 4 is 22.6 Å². The molecule has 1 aromatic carbocycles. The van der Waals surface area contributed by atoms with Gasteiger partial charge in [-0.2, -0.15) is 0 Å². The van der Waals surface area contributed by atoms with Gasteiger partial charge in [0, 0.05) is 23.8 Å². The number of amides is 1. The molecule has 1 aromatic heterocycles. The predicted molar refractivity (Wildman–Crippen MR) is 78.0 cm³/mol. The van der Waals surface area contributed by atoms with Crippen molar-refractivity contribution in [3.63, 3.8) is 0 Å². The molecule has 5 nitrogen and oxygen atoms in total. The number of hydrogen-bond donors (Lipinski definition) is 2. The van der Waals surface area contributed by atoms with Crippen LogP contribution >= 0.6 is 0 Å². The number of carbonyl (C=O) groups excluding carboxylic acids is 1. The highest BCUT2D eigenvalue weighted by Crippen LogP contribution is 2.26. The highest BCUT2D eigenvalue weighted by Gasteiger charge is 2.34. The van der Waals surface area contributed by atoms with E-state index in [1.807, 2.05) is 24.3 Å². The molecule has 5 heteroatoms. The Labute approximate surface area is 122 Å². The molecule has 0 radical (unpaired) electrons. The first-order chi connectivity index (χ1) is 10.2. The monoisotopic (exact) mass is 284 g/mol. The lowest BCUT2D eigenvalue weighted by atomic mass is 10.0. The molecule has 2 N–H and O–H groups in total. The molecule has 0 bridgehead atoms. The fraction of sp³-hybridized carbons (Fsp3) is 0.312. The second-order valence-electron chi connectivity index (χ2n) is 5.36. The van der Waals surface area contributed by atoms with Crippen molar-refractivity contribution in [1.82, 2.24) is 10.3 Å². The highest BCUT2D eigenvalue weighted by atomic mass is 16.4. The Morgan fingerprint density at radius 1 is 1.19 bits per heavy atom. The van der Waals surface area contributed by atoms with Crippen LogP contribution in [0.3, 0.4) is 0 Å². The van der Waals surface area contributed by atoms with Gasteiger partial charge in [0.1, 0.15) is 0 Å². The summed E-state index contributed by atoms with van der Waals surface area (Å²) in [7, 11) is 0. The lowest BCUT2D eigenvalue weighted by Gasteiger charge is -2.18. The molecule has 2 atom stereocenters. The number of nitrogens with zero attached hydrogens (tertiary/aromatic N) is 1. The Morgan fingerprint density at radius 2 is 2.00 bits per heavy atom. The average molecular weight is 284 g/mol. The summed E-state index contributed by atoms with van der Waals surface area (Å²) >= 11 is 0. The first kappa shape index (κ1) is 13.5. The van der Waals surface area contributed by atoms with E-state index >= 15 is 0 Å². The molecular weight excluding hydrogens is 268 g/mol. The maximum absolute atomic E-state index is 12.4. The van der Waals surface area contributed by atoms with Crippen molar-refractivity contribution in [3.8, 4) is 0 Å². The summed E-state index contributed by atoms with van der Waals surface area (Å²) in [5, 5.41) is 13.8. The number of rotatable bonds is 3. The molecule has 0 aliphatic heterocycles. The number of carbonyl (C=O) groups is 2. The third kappa shape index (κ3) is 2.59. The molecule has 1 saturated carbocycles. The van der Waals surface area contributed by atoms with Gasteiger partial charge in [0.25, 0.3) is 5.91 Å². The lowest BCUT2D eigenvalue weighted by Crippen LogP contribution is -2.40. The molecule has 1 aliphatic carbocycles. The second kappa shape index (κ2) is 5.52. The Bertz CT molecular complexity index is 693. The topological polar surface area (TPSA) is 79.3 Å². The number of aliphatic carboxylic acids is 1. The van der Waals surface area contributed by atoms with Gasteiger partial charge >= 0.3 is 5.97 Å². The summed E-state index contributed by atoms with van der Waals surface area (Å²) in [6.45, 7) is 0. The molecule has 0 spiro atoms. The predicted octanol–water partition coefficient (Wildman–Crippen LogP) is 2.22. The number of nitrogens with one attached hydrogen (secondary N) is 1. The summed E-state index contributed by atoms with van der Waals surface area (Å²) in [6.07, 6.45) is 5.40. The minimum atomic E-state index is -0.839. The van der Waals surface area contributed by atoms with E-state index in [1.165, 1.54) is 6.20 Å². The Hall–Kier alpha value is -2.43. The molecule has 1 amide bonds. The van der Waals surface area contributed by atoms with E-state index in [0.717, 1.165) is 17.2 Å². The van der Waals surface area contributed by atoms with Gasteiger partial charge in [-0.1, -0.05) is 30.7 Å². The molecule has 1 fully saturated rings. The van der Waals surface area contributed by atoms with Crippen molar-refractivity contribution < 1.29 is 14.7 Å². The maximum atomic E-state index is 12.4. The van der Waals surface area contributed by atoms with Crippen molar-refractivity contribution in [2.24, 2.45) is 5.92 Å². The van der Waals surface area contributed by atoms with E-state index in [2.05, 4.69) is 10.3 Å². The second-order valence-corrected chi connectivity index (χ2v) is 5.36. The molecule has 0 saturated heterocycles. The molecular formula is C16H16N2O3. The standard InChI is InChI=1S/C16H16N2O3/c19-15(18-14-7-3-6-12(14)16(20)21)13-9-17-8-10-4-1-2-5-11(10)13/h1-2,4-5,8-9,12,14H,3,6-7H2,(H,18,19)(H,20,21)/t12-,14+/m1/s1. The fourth-order valence-corrected chi connectivity index (χ4v) is 2.97. The minimum Gasteiger partial charge on any atom is -0.481 e. The number of pyridine rings is 1. The number of carboxylic acids is 1. The van der Waals surface area contributed by atoms with Crippen LogP contribution in [0.1, 0.15) is 29.6 Å². The molecule has 0 unspecified atom stereocenters. The van der Waals surface area contributed by atoms with E-state index in [-0.39, 0.29) is 11.9 Å². The summed E-state index contributed by atoms with van der Waals surface area (Å²) in [5.41, 5.74) is 0.490. The third-order valence-electron chi connectivity index (χ3n) is 4.06. The number of benzene rings is 1. The van der Waals surface area contributed by atoms with E-state index in [1.54, 1.807) is 6.20 Å². The van der Waals surface area contributed by atoms with Gasteiger partial charge in [-0.15, -0.1) is 0 Å². The highest BCUT2D eigenvalue weighted by molar-refractivity contribution is 6.06. The maximum Gasteiger partial charge on any atom is 0.308 e. The van der Waals surface area contributed by atoms with Crippen molar-refractivity contribution in [1.29, 1.82) is 0 Å². The van der Waals surface area contributed by atoms with Gasteiger partial charge in [-0.25, -0.2) is 0 Å². The van der Waals surface area contributed by atoms with Crippen LogP contribution in [0.4, 0.5) is 0 Å². The first-order valence-corrected chi connectivity index (χ1v) is 7.03. The van der Waals surface area contributed by atoms with E-state index < -0.39 is 11.9 Å². The molecule has 108 valence electrons. The summed E-state index contributed by atoms with van der Waals surface area (Å²) < 4.78 is 0. The van der Waals surface area contributed by atoms with Gasteiger partial charge in [0.05, 0.1) is 11.5 Å². The van der Waals surface area contributed by atoms with Crippen molar-refractivity contribution in [2.45, 2.75) is 25.3 Å². The number of aromatic nitrogens is 1. The Balaban J connectivity index is 1.86. The summed E-state index contributed by atoms with van der Waals surface area (Å²) in [6, 6.07) is 7.23. The minimum absolute atomic E-state index is 0.252. The fourth-order valence-electron chi connectivity index (χ4n) is 2.97. The van der Waals surface area contributed by atoms with E-state index in [0.29, 0.717) is 18.4 Å². The van der Waals surface area contributed by atoms with Crippen LogP contribution in [-0.4, -0.2) is 28.0 Å². The molecule has 1 heterocycles. The quantitative estimate of drug-likeness (QED) is 0.905. The van der Waals surface area contributed by atoms with Gasteiger partial charge in [0.2, 0.25) is 0 Å². The van der Waals surface area contributed by atoms with Crippen LogP contribution in [0, 0.1) is 5.92 Å². The zero-order valence-electron chi connectivity index (χ0n) is 11.5. The summed E-state index contributed by atoms with van der Waals surface area (Å²) in [4.78, 5) is 27.7. The van der Waals surface area contributed by atoms with Crippen LogP contribution in [0.25, 0.3) is 10.8 Å². The van der Waals surface area contributed by atoms with Gasteiger partial charge in [0.15, 0.2) is 0 Å². The third-order valence-corrected chi connectivity index (χ3v) is 4.06. The lowest BCUT2D eigenvalue weighted by molar-refractivity contribution is -0.142. The van der Waals surface area contributed by atoms with E-state index in [9.17, 15) is 14.7 Å². The molecule has 3 rings (SSSR count). The normalized spacial score (nSPS) is 21.3. The zero-order chi connectivity index (χ0) is 14.8. The summed E-state index contributed by atoms with van der Waals surface area (Å²) in [5.74, 6) is -1.58. The first-order valence-electron chi connectivity index (χ1n) is 7.03. The van der Waals surface area contributed by atoms with Crippen molar-refractivity contribution in [3.05, 3.63) is 42.2 Å². The van der Waals surface area contributed by atoms with Gasteiger partial charge in [-0.05, 0) is 18.2 Å². The molecule has 1 aliphatic rings. The smallest absolute Gasteiger partial charge is 0.308 e. The van der Waals surface area contributed by atoms with Crippen LogP contribution in [0.2, 0.25) is 0 Å². The number of fused-ring (bicyclic) bond motifs is 1. The van der Waals surface area contributed by atoms with Crippen molar-refractivity contribution in [2.75, 3.05) is 0 Å². The van der Waals surface area contributed by atoms with Crippen LogP contribution < -0.4 is 5.32 Å². The molecule has 2 aromatic rings. The Kier molecular flexibility index (Phi) is 3.56. The number of hydrogen-bond acceptors (Lipinski definition) is 3. The van der Waals surface area contributed by atoms with Crippen LogP contribution in [0.5, 0.6) is 0 Å². The number of carboxylic acid groups (broad SMARTS) is 1. The van der Waals surface area contributed by atoms with Gasteiger partial charge < -0.3 is 10.4 Å². The van der Waals surface area contributed by atoms with Gasteiger partial charge in [-0.3, -0.25) is 14.6 Å². The Morgan fingerprint density at radius 3 is 2.81 bits per heavy atom. The average Bonchev–Trinajstić information content (AvgIpc) is 2.95. The molecule has 21 heavy (non-hydrogen) atoms. The SMILES string of the molecule is O=C(N[C@H]1CCC[C@H]1C(=O)O)c1cncc2ccccc12.